The Morgan fingerprint density at radius 1 is 1.73 bits per heavy atom. The van der Waals surface area contributed by atoms with E-state index in [4.69, 9.17) is 5.26 Å². The van der Waals surface area contributed by atoms with Crippen molar-refractivity contribution >= 4 is 11.8 Å². The van der Waals surface area contributed by atoms with Gasteiger partial charge in [0.1, 0.15) is 11.0 Å². The quantitative estimate of drug-likeness (QED) is 0.585. The average Bonchev–Trinajstić information content (AvgIpc) is 2.66. The number of furan rings is 1. The summed E-state index contributed by atoms with van der Waals surface area (Å²) in [5, 5.41) is 20.9. The van der Waals surface area contributed by atoms with E-state index in [1.54, 1.807) is 6.07 Å². The highest BCUT2D eigenvalue weighted by Gasteiger charge is 2.18. The molecule has 0 bridgehead atoms. The maximum Gasteiger partial charge on any atom is 0.433 e. The van der Waals surface area contributed by atoms with Gasteiger partial charge in [-0.1, -0.05) is 0 Å². The van der Waals surface area contributed by atoms with Crippen LogP contribution in [0, 0.1) is 21.4 Å². The Morgan fingerprint density at radius 2 is 2.40 bits per heavy atom. The van der Waals surface area contributed by atoms with E-state index in [9.17, 15) is 14.9 Å². The number of amides is 1. The Kier molecular flexibility index (Phi) is 3.03. The first kappa shape index (κ1) is 10.7. The van der Waals surface area contributed by atoms with Crippen LogP contribution >= 0.6 is 0 Å². The van der Waals surface area contributed by atoms with Gasteiger partial charge in [0.05, 0.1) is 12.1 Å². The number of carbonyl (C=O) groups excluding carboxylic acids is 1. The molecule has 0 aliphatic carbocycles. The van der Waals surface area contributed by atoms with E-state index in [-0.39, 0.29) is 5.76 Å². The van der Waals surface area contributed by atoms with Crippen molar-refractivity contribution in [1.29, 1.82) is 5.26 Å². The number of hydrogen-bond acceptors (Lipinski definition) is 5. The monoisotopic (exact) mass is 209 g/mol. The fraction of sp³-hybridized carbons (Fsp3) is 0.250. The van der Waals surface area contributed by atoms with Gasteiger partial charge in [-0.3, -0.25) is 14.9 Å². The Morgan fingerprint density at radius 3 is 2.87 bits per heavy atom. The van der Waals surface area contributed by atoms with Crippen molar-refractivity contribution in [2.45, 2.75) is 13.0 Å². The molecule has 1 rings (SSSR count). The molecule has 1 atom stereocenters. The van der Waals surface area contributed by atoms with Gasteiger partial charge in [-0.2, -0.15) is 5.26 Å². The molecule has 1 unspecified atom stereocenters. The van der Waals surface area contributed by atoms with E-state index < -0.39 is 22.8 Å². The smallest absolute Gasteiger partial charge is 0.395 e. The summed E-state index contributed by atoms with van der Waals surface area (Å²) in [6.07, 6.45) is 0. The summed E-state index contributed by atoms with van der Waals surface area (Å²) in [4.78, 5) is 20.8. The van der Waals surface area contributed by atoms with Gasteiger partial charge in [0, 0.05) is 0 Å². The Hall–Kier alpha value is -2.36. The van der Waals surface area contributed by atoms with Crippen molar-refractivity contribution in [2.75, 3.05) is 0 Å². The molecule has 7 heteroatoms. The first-order valence-electron chi connectivity index (χ1n) is 3.99. The summed E-state index contributed by atoms with van der Waals surface area (Å²) in [5.41, 5.74) is 0. The topological polar surface area (TPSA) is 109 Å². The normalized spacial score (nSPS) is 11.5. The zero-order valence-corrected chi connectivity index (χ0v) is 7.76. The molecule has 0 saturated heterocycles. The zero-order valence-electron chi connectivity index (χ0n) is 7.76. The molecule has 1 aromatic rings. The zero-order chi connectivity index (χ0) is 11.4. The van der Waals surface area contributed by atoms with E-state index in [0.29, 0.717) is 0 Å². The maximum atomic E-state index is 11.3. The molecular weight excluding hydrogens is 202 g/mol. The summed E-state index contributed by atoms with van der Waals surface area (Å²) in [5.74, 6) is -1.36. The second-order valence-electron chi connectivity index (χ2n) is 2.72. The van der Waals surface area contributed by atoms with Gasteiger partial charge in [-0.05, 0) is 13.0 Å². The number of nitro groups is 1. The van der Waals surface area contributed by atoms with Gasteiger partial charge in [-0.15, -0.1) is 0 Å². The van der Waals surface area contributed by atoms with Crippen LogP contribution in [0.5, 0.6) is 0 Å². The molecule has 1 heterocycles. The molecule has 0 saturated carbocycles. The standard InChI is InChI=1S/C8H7N3O4/c1-5(4-9)10-8(12)6-2-3-7(15-6)11(13)14/h2-3,5H,1H3,(H,10,12). The molecule has 0 radical (unpaired) electrons. The predicted molar refractivity (Wildman–Crippen MR) is 47.9 cm³/mol. The molecular formula is C8H7N3O4. The Labute approximate surface area is 84.4 Å². The highest BCUT2D eigenvalue weighted by atomic mass is 16.6. The minimum absolute atomic E-state index is 0.191. The summed E-state index contributed by atoms with van der Waals surface area (Å²) >= 11 is 0. The number of nitrogens with zero attached hydrogens (tertiary/aromatic N) is 2. The first-order chi connectivity index (χ1) is 7.04. The van der Waals surface area contributed by atoms with Crippen LogP contribution < -0.4 is 5.32 Å². The van der Waals surface area contributed by atoms with Gasteiger partial charge in [-0.25, -0.2) is 0 Å². The molecule has 0 aliphatic rings. The fourth-order valence-electron chi connectivity index (χ4n) is 0.848. The van der Waals surface area contributed by atoms with Crippen molar-refractivity contribution < 1.29 is 14.1 Å². The van der Waals surface area contributed by atoms with Gasteiger partial charge in [0.15, 0.2) is 5.76 Å². The number of rotatable bonds is 3. The van der Waals surface area contributed by atoms with Crippen LogP contribution in [-0.2, 0) is 0 Å². The molecule has 1 amide bonds. The van der Waals surface area contributed by atoms with E-state index in [2.05, 4.69) is 9.73 Å². The minimum Gasteiger partial charge on any atom is -0.395 e. The molecule has 0 fully saturated rings. The van der Waals surface area contributed by atoms with Crippen molar-refractivity contribution in [2.24, 2.45) is 0 Å². The van der Waals surface area contributed by atoms with Gasteiger partial charge in [0.2, 0.25) is 0 Å². The second kappa shape index (κ2) is 4.23. The largest absolute Gasteiger partial charge is 0.433 e. The molecule has 0 aromatic carbocycles. The maximum absolute atomic E-state index is 11.3. The van der Waals surface area contributed by atoms with Crippen LogP contribution in [0.2, 0.25) is 0 Å². The highest BCUT2D eigenvalue weighted by Crippen LogP contribution is 2.15. The third-order valence-electron chi connectivity index (χ3n) is 1.54. The lowest BCUT2D eigenvalue weighted by Gasteiger charge is -2.02. The number of nitrogens with one attached hydrogen (secondary N) is 1. The lowest BCUT2D eigenvalue weighted by molar-refractivity contribution is -0.402. The average molecular weight is 209 g/mol. The molecule has 7 nitrogen and oxygen atoms in total. The van der Waals surface area contributed by atoms with Crippen LogP contribution in [0.15, 0.2) is 16.5 Å². The first-order valence-corrected chi connectivity index (χ1v) is 3.99. The Bertz CT molecular complexity index is 431. The van der Waals surface area contributed by atoms with Crippen molar-refractivity contribution in [1.82, 2.24) is 5.32 Å². The van der Waals surface area contributed by atoms with Gasteiger partial charge >= 0.3 is 5.88 Å². The lowest BCUT2D eigenvalue weighted by Crippen LogP contribution is -2.30. The third kappa shape index (κ3) is 2.54. The molecule has 1 N–H and O–H groups in total. The van der Waals surface area contributed by atoms with Crippen LogP contribution in [0.4, 0.5) is 5.88 Å². The molecule has 0 spiro atoms. The molecule has 1 aromatic heterocycles. The summed E-state index contributed by atoms with van der Waals surface area (Å²) < 4.78 is 4.63. The predicted octanol–water partition coefficient (Wildman–Crippen LogP) is 0.830. The van der Waals surface area contributed by atoms with Crippen molar-refractivity contribution in [3.63, 3.8) is 0 Å². The van der Waals surface area contributed by atoms with Crippen LogP contribution in [-0.4, -0.2) is 16.9 Å². The van der Waals surface area contributed by atoms with Crippen LogP contribution in [0.3, 0.4) is 0 Å². The van der Waals surface area contributed by atoms with Crippen LogP contribution in [0.25, 0.3) is 0 Å². The van der Waals surface area contributed by atoms with Crippen molar-refractivity contribution in [3.8, 4) is 6.07 Å². The number of carbonyl (C=O) groups is 1. The van der Waals surface area contributed by atoms with E-state index in [1.165, 1.54) is 13.0 Å². The molecule has 78 valence electrons. The van der Waals surface area contributed by atoms with E-state index in [1.807, 2.05) is 0 Å². The summed E-state index contributed by atoms with van der Waals surface area (Å²) in [7, 11) is 0. The fourth-order valence-corrected chi connectivity index (χ4v) is 0.848. The van der Waals surface area contributed by atoms with E-state index >= 15 is 0 Å². The van der Waals surface area contributed by atoms with Crippen LogP contribution in [0.1, 0.15) is 17.5 Å². The van der Waals surface area contributed by atoms with Gasteiger partial charge in [0.25, 0.3) is 5.91 Å². The number of nitriles is 1. The molecule has 15 heavy (non-hydrogen) atoms. The van der Waals surface area contributed by atoms with Crippen molar-refractivity contribution in [3.05, 3.63) is 28.0 Å². The summed E-state index contributed by atoms with van der Waals surface area (Å²) in [6.45, 7) is 1.48. The summed E-state index contributed by atoms with van der Waals surface area (Å²) in [6, 6.07) is 3.36. The highest BCUT2D eigenvalue weighted by molar-refractivity contribution is 5.92. The third-order valence-corrected chi connectivity index (χ3v) is 1.54. The number of hydrogen-bond donors (Lipinski definition) is 1. The lowest BCUT2D eigenvalue weighted by atomic mass is 10.3. The van der Waals surface area contributed by atoms with Gasteiger partial charge < -0.3 is 9.73 Å². The SMILES string of the molecule is CC(C#N)NC(=O)c1ccc([N+](=O)[O-])o1. The Balaban J connectivity index is 2.75. The van der Waals surface area contributed by atoms with E-state index in [0.717, 1.165) is 6.07 Å². The second-order valence-corrected chi connectivity index (χ2v) is 2.72. The molecule has 0 aliphatic heterocycles. The minimum atomic E-state index is -0.746.